The number of H-pyrrole nitrogens is 1. The fraction of sp³-hybridized carbons (Fsp3) is 0.250. The van der Waals surface area contributed by atoms with Crippen LogP contribution in [0.3, 0.4) is 0 Å². The van der Waals surface area contributed by atoms with E-state index in [1.165, 1.54) is 36.0 Å². The molecule has 0 saturated carbocycles. The predicted molar refractivity (Wildman–Crippen MR) is 78.1 cm³/mol. The van der Waals surface area contributed by atoms with Gasteiger partial charge in [-0.15, -0.1) is 0 Å². The van der Waals surface area contributed by atoms with Crippen molar-refractivity contribution in [3.8, 4) is 0 Å². The number of aromatic amines is 1. The molecule has 4 heteroatoms. The number of benzene rings is 1. The highest BCUT2D eigenvalue weighted by Crippen LogP contribution is 2.27. The Hall–Kier alpha value is -2.36. The molecule has 102 valence electrons. The molecule has 0 aliphatic heterocycles. The summed E-state index contributed by atoms with van der Waals surface area (Å²) in [6, 6.07) is 7.32. The molecule has 20 heavy (non-hydrogen) atoms. The van der Waals surface area contributed by atoms with Crippen molar-refractivity contribution in [2.75, 3.05) is 5.32 Å². The maximum absolute atomic E-state index is 12.2. The molecule has 0 saturated heterocycles. The van der Waals surface area contributed by atoms with Crippen LogP contribution in [0.4, 0.5) is 5.69 Å². The lowest BCUT2D eigenvalue weighted by molar-refractivity contribution is 0.102. The molecular formula is C16H16N2O2. The molecule has 0 fully saturated rings. The fourth-order valence-corrected chi connectivity index (χ4v) is 2.68. The number of aromatic nitrogens is 1. The average Bonchev–Trinajstić information content (AvgIpc) is 2.48. The standard InChI is InChI=1S/C16H16N2O2/c19-15-8-9-17-10-13(15)16(20)18-14-7-3-5-11-4-1-2-6-12(11)14/h3,5,7-10H,1-2,4,6H2,(H,17,19)(H,18,20). The Labute approximate surface area is 116 Å². The van der Waals surface area contributed by atoms with Gasteiger partial charge in [-0.05, 0) is 42.9 Å². The van der Waals surface area contributed by atoms with Crippen LogP contribution in [0, 0.1) is 0 Å². The molecule has 1 aromatic heterocycles. The van der Waals surface area contributed by atoms with Crippen LogP contribution in [0.2, 0.25) is 0 Å². The largest absolute Gasteiger partial charge is 0.367 e. The maximum Gasteiger partial charge on any atom is 0.261 e. The lowest BCUT2D eigenvalue weighted by Crippen LogP contribution is -2.22. The SMILES string of the molecule is O=C(Nc1cccc2c1CCCC2)c1c[nH]ccc1=O. The molecule has 2 aromatic rings. The fourth-order valence-electron chi connectivity index (χ4n) is 2.68. The van der Waals surface area contributed by atoms with Gasteiger partial charge < -0.3 is 10.3 Å². The van der Waals surface area contributed by atoms with Gasteiger partial charge in [0, 0.05) is 24.1 Å². The molecular weight excluding hydrogens is 252 g/mol. The second kappa shape index (κ2) is 5.33. The summed E-state index contributed by atoms with van der Waals surface area (Å²) in [4.78, 5) is 26.6. The highest BCUT2D eigenvalue weighted by atomic mass is 16.2. The van der Waals surface area contributed by atoms with Gasteiger partial charge in [-0.25, -0.2) is 0 Å². The minimum Gasteiger partial charge on any atom is -0.367 e. The molecule has 0 radical (unpaired) electrons. The summed E-state index contributed by atoms with van der Waals surface area (Å²) in [5, 5.41) is 2.87. The van der Waals surface area contributed by atoms with Gasteiger partial charge in [0.1, 0.15) is 5.56 Å². The third-order valence-electron chi connectivity index (χ3n) is 3.71. The van der Waals surface area contributed by atoms with Crippen molar-refractivity contribution in [1.29, 1.82) is 0 Å². The Balaban J connectivity index is 1.91. The summed E-state index contributed by atoms with van der Waals surface area (Å²) < 4.78 is 0. The summed E-state index contributed by atoms with van der Waals surface area (Å²) in [5.41, 5.74) is 3.21. The number of rotatable bonds is 2. The lowest BCUT2D eigenvalue weighted by atomic mass is 9.90. The Bertz CT molecular complexity index is 704. The van der Waals surface area contributed by atoms with Crippen molar-refractivity contribution in [3.05, 3.63) is 63.6 Å². The van der Waals surface area contributed by atoms with Crippen molar-refractivity contribution in [2.45, 2.75) is 25.7 Å². The van der Waals surface area contributed by atoms with E-state index in [2.05, 4.69) is 16.4 Å². The highest BCUT2D eigenvalue weighted by Gasteiger charge is 2.16. The zero-order chi connectivity index (χ0) is 13.9. The lowest BCUT2D eigenvalue weighted by Gasteiger charge is -2.19. The van der Waals surface area contributed by atoms with Crippen LogP contribution in [0.5, 0.6) is 0 Å². The van der Waals surface area contributed by atoms with Crippen molar-refractivity contribution in [2.24, 2.45) is 0 Å². The average molecular weight is 268 g/mol. The van der Waals surface area contributed by atoms with E-state index < -0.39 is 0 Å². The minimum absolute atomic E-state index is 0.140. The summed E-state index contributed by atoms with van der Waals surface area (Å²) in [6.07, 6.45) is 7.34. The first-order valence-electron chi connectivity index (χ1n) is 6.85. The number of hydrogen-bond donors (Lipinski definition) is 2. The van der Waals surface area contributed by atoms with E-state index in [1.54, 1.807) is 0 Å². The van der Waals surface area contributed by atoms with Gasteiger partial charge in [0.25, 0.3) is 5.91 Å². The zero-order valence-corrected chi connectivity index (χ0v) is 11.1. The number of carbonyl (C=O) groups excluding carboxylic acids is 1. The monoisotopic (exact) mass is 268 g/mol. The van der Waals surface area contributed by atoms with Crippen LogP contribution in [0.25, 0.3) is 0 Å². The van der Waals surface area contributed by atoms with E-state index in [0.29, 0.717) is 0 Å². The smallest absolute Gasteiger partial charge is 0.261 e. The van der Waals surface area contributed by atoms with Crippen molar-refractivity contribution in [1.82, 2.24) is 4.98 Å². The van der Waals surface area contributed by atoms with Crippen LogP contribution in [0.1, 0.15) is 34.3 Å². The number of carbonyl (C=O) groups is 1. The quantitative estimate of drug-likeness (QED) is 0.879. The predicted octanol–water partition coefficient (Wildman–Crippen LogP) is 2.51. The Kier molecular flexibility index (Phi) is 3.37. The van der Waals surface area contributed by atoms with Gasteiger partial charge >= 0.3 is 0 Å². The summed E-state index contributed by atoms with van der Waals surface area (Å²) in [6.45, 7) is 0. The van der Waals surface area contributed by atoms with Gasteiger partial charge in [-0.2, -0.15) is 0 Å². The van der Waals surface area contributed by atoms with E-state index in [1.807, 2.05) is 12.1 Å². The Morgan fingerprint density at radius 3 is 2.85 bits per heavy atom. The van der Waals surface area contributed by atoms with Crippen molar-refractivity contribution < 1.29 is 4.79 Å². The first kappa shape index (κ1) is 12.7. The van der Waals surface area contributed by atoms with Crippen LogP contribution in [-0.2, 0) is 12.8 Å². The van der Waals surface area contributed by atoms with Gasteiger partial charge in [0.15, 0.2) is 5.43 Å². The molecule has 2 N–H and O–H groups in total. The van der Waals surface area contributed by atoms with Gasteiger partial charge in [-0.1, -0.05) is 12.1 Å². The summed E-state index contributed by atoms with van der Waals surface area (Å²) >= 11 is 0. The normalized spacial score (nSPS) is 13.6. The molecule has 3 rings (SSSR count). The van der Waals surface area contributed by atoms with Crippen molar-refractivity contribution in [3.63, 3.8) is 0 Å². The second-order valence-electron chi connectivity index (χ2n) is 5.03. The number of amides is 1. The van der Waals surface area contributed by atoms with Gasteiger partial charge in [0.2, 0.25) is 0 Å². The molecule has 0 spiro atoms. The highest BCUT2D eigenvalue weighted by molar-refractivity contribution is 6.04. The van der Waals surface area contributed by atoms with Crippen LogP contribution < -0.4 is 10.7 Å². The molecule has 1 aromatic carbocycles. The molecule has 0 unspecified atom stereocenters. The van der Waals surface area contributed by atoms with Gasteiger partial charge in [0.05, 0.1) is 0 Å². The van der Waals surface area contributed by atoms with Crippen LogP contribution >= 0.6 is 0 Å². The minimum atomic E-state index is -0.356. The first-order chi connectivity index (χ1) is 9.75. The van der Waals surface area contributed by atoms with Crippen molar-refractivity contribution >= 4 is 11.6 Å². The van der Waals surface area contributed by atoms with E-state index in [9.17, 15) is 9.59 Å². The Morgan fingerprint density at radius 2 is 2.00 bits per heavy atom. The number of hydrogen-bond acceptors (Lipinski definition) is 2. The molecule has 1 amide bonds. The molecule has 1 aliphatic carbocycles. The van der Waals surface area contributed by atoms with E-state index in [0.717, 1.165) is 24.9 Å². The number of anilines is 1. The number of fused-ring (bicyclic) bond motifs is 1. The number of aryl methyl sites for hydroxylation is 1. The molecule has 4 nitrogen and oxygen atoms in total. The van der Waals surface area contributed by atoms with Crippen LogP contribution in [-0.4, -0.2) is 10.9 Å². The van der Waals surface area contributed by atoms with Crippen LogP contribution in [0.15, 0.2) is 41.5 Å². The third-order valence-corrected chi connectivity index (χ3v) is 3.71. The summed E-state index contributed by atoms with van der Waals surface area (Å²) in [7, 11) is 0. The number of pyridine rings is 1. The summed E-state index contributed by atoms with van der Waals surface area (Å²) in [5.74, 6) is -0.356. The van der Waals surface area contributed by atoms with E-state index >= 15 is 0 Å². The third kappa shape index (κ3) is 2.37. The van der Waals surface area contributed by atoms with Gasteiger partial charge in [-0.3, -0.25) is 9.59 Å². The topological polar surface area (TPSA) is 62.0 Å². The number of nitrogens with one attached hydrogen (secondary N) is 2. The second-order valence-corrected chi connectivity index (χ2v) is 5.03. The first-order valence-corrected chi connectivity index (χ1v) is 6.85. The molecule has 0 bridgehead atoms. The molecule has 1 heterocycles. The maximum atomic E-state index is 12.2. The molecule has 1 aliphatic rings. The molecule has 0 atom stereocenters. The Morgan fingerprint density at radius 1 is 1.15 bits per heavy atom. The van der Waals surface area contributed by atoms with E-state index in [-0.39, 0.29) is 16.9 Å². The zero-order valence-electron chi connectivity index (χ0n) is 11.1. The van der Waals surface area contributed by atoms with E-state index in [4.69, 9.17) is 0 Å².